The van der Waals surface area contributed by atoms with E-state index < -0.39 is 0 Å². The minimum Gasteiger partial charge on any atom is -0.486 e. The van der Waals surface area contributed by atoms with Crippen molar-refractivity contribution in [2.24, 2.45) is 7.05 Å². The van der Waals surface area contributed by atoms with Crippen molar-refractivity contribution in [3.05, 3.63) is 41.5 Å². The molecule has 0 bridgehead atoms. The highest BCUT2D eigenvalue weighted by Gasteiger charge is 2.03. The lowest BCUT2D eigenvalue weighted by Crippen LogP contribution is -2.03. The average molecular weight is 271 g/mol. The first-order chi connectivity index (χ1) is 9.69. The molecule has 5 nitrogen and oxygen atoms in total. The van der Waals surface area contributed by atoms with E-state index in [2.05, 4.69) is 21.9 Å². The molecule has 0 fully saturated rings. The van der Waals surface area contributed by atoms with E-state index in [1.54, 1.807) is 17.1 Å². The molecule has 0 aliphatic carbocycles. The number of ether oxygens (including phenoxy) is 1. The maximum absolute atomic E-state index is 8.69. The van der Waals surface area contributed by atoms with Crippen molar-refractivity contribution < 1.29 is 9.84 Å². The molecule has 2 heterocycles. The zero-order valence-corrected chi connectivity index (χ0v) is 11.6. The first-order valence-electron chi connectivity index (χ1n) is 6.36. The number of hydrogen-bond donors (Lipinski definition) is 1. The van der Waals surface area contributed by atoms with Gasteiger partial charge in [-0.2, -0.15) is 5.10 Å². The monoisotopic (exact) mass is 271 g/mol. The Kier molecular flexibility index (Phi) is 4.75. The maximum Gasteiger partial charge on any atom is 0.139 e. The molecule has 5 heteroatoms. The predicted octanol–water partition coefficient (Wildman–Crippen LogP) is 1.44. The minimum absolute atomic E-state index is 0.0659. The summed E-state index contributed by atoms with van der Waals surface area (Å²) in [5, 5.41) is 13.0. The molecule has 1 N–H and O–H groups in total. The van der Waals surface area contributed by atoms with Crippen LogP contribution in [0.1, 0.15) is 23.4 Å². The van der Waals surface area contributed by atoms with Gasteiger partial charge in [0, 0.05) is 25.2 Å². The largest absolute Gasteiger partial charge is 0.486 e. The van der Waals surface area contributed by atoms with Crippen LogP contribution in [-0.2, 0) is 13.7 Å². The first kappa shape index (κ1) is 14.1. The van der Waals surface area contributed by atoms with Gasteiger partial charge in [0.05, 0.1) is 24.2 Å². The Morgan fingerprint density at radius 2 is 2.20 bits per heavy atom. The first-order valence-corrected chi connectivity index (χ1v) is 6.36. The normalized spacial score (nSPS) is 9.95. The molecule has 0 aromatic carbocycles. The molecule has 0 unspecified atom stereocenters. The van der Waals surface area contributed by atoms with Gasteiger partial charge in [0.15, 0.2) is 0 Å². The summed E-state index contributed by atoms with van der Waals surface area (Å²) in [4.78, 5) is 4.09. The van der Waals surface area contributed by atoms with Crippen molar-refractivity contribution >= 4 is 0 Å². The summed E-state index contributed by atoms with van der Waals surface area (Å²) in [6, 6.07) is 3.82. The smallest absolute Gasteiger partial charge is 0.139 e. The summed E-state index contributed by atoms with van der Waals surface area (Å²) in [7, 11) is 1.89. The quantitative estimate of drug-likeness (QED) is 0.855. The number of aliphatic hydroxyl groups is 1. The van der Waals surface area contributed by atoms with Gasteiger partial charge in [0.1, 0.15) is 12.4 Å². The summed E-state index contributed by atoms with van der Waals surface area (Å²) in [6.07, 6.45) is 3.78. The highest BCUT2D eigenvalue weighted by Crippen LogP contribution is 2.13. The van der Waals surface area contributed by atoms with Gasteiger partial charge < -0.3 is 9.84 Å². The van der Waals surface area contributed by atoms with E-state index in [-0.39, 0.29) is 6.61 Å². The molecule has 0 radical (unpaired) electrons. The Balaban J connectivity index is 2.01. The van der Waals surface area contributed by atoms with E-state index in [1.165, 1.54) is 0 Å². The average Bonchev–Trinajstić information content (AvgIpc) is 2.76. The van der Waals surface area contributed by atoms with Crippen molar-refractivity contribution in [1.29, 1.82) is 0 Å². The number of aliphatic hydroxyl groups excluding tert-OH is 1. The van der Waals surface area contributed by atoms with E-state index in [9.17, 15) is 0 Å². The Labute approximate surface area is 118 Å². The SMILES string of the molecule is Cc1cc(COc2cncc(C#CCCO)c2)n(C)n1. The maximum atomic E-state index is 8.69. The predicted molar refractivity (Wildman–Crippen MR) is 75.1 cm³/mol. The molecule has 2 aromatic heterocycles. The molecule has 0 atom stereocenters. The van der Waals surface area contributed by atoms with Crippen molar-refractivity contribution in [2.75, 3.05) is 6.61 Å². The Morgan fingerprint density at radius 1 is 1.35 bits per heavy atom. The molecule has 0 aliphatic heterocycles. The molecule has 2 rings (SSSR count). The highest BCUT2D eigenvalue weighted by atomic mass is 16.5. The summed E-state index contributed by atoms with van der Waals surface area (Å²) in [5.41, 5.74) is 2.74. The zero-order chi connectivity index (χ0) is 14.4. The van der Waals surface area contributed by atoms with Crippen molar-refractivity contribution in [3.8, 4) is 17.6 Å². The number of rotatable bonds is 4. The lowest BCUT2D eigenvalue weighted by Gasteiger charge is -2.06. The topological polar surface area (TPSA) is 60.2 Å². The van der Waals surface area contributed by atoms with Crippen LogP contribution in [0.3, 0.4) is 0 Å². The minimum atomic E-state index is 0.0659. The third-order valence-corrected chi connectivity index (χ3v) is 2.67. The van der Waals surface area contributed by atoms with Crippen LogP contribution in [0, 0.1) is 18.8 Å². The van der Waals surface area contributed by atoms with Gasteiger partial charge in [0.2, 0.25) is 0 Å². The second kappa shape index (κ2) is 6.73. The molecule has 2 aromatic rings. The molecule has 0 saturated carbocycles. The van der Waals surface area contributed by atoms with E-state index in [4.69, 9.17) is 9.84 Å². The van der Waals surface area contributed by atoms with Crippen LogP contribution < -0.4 is 4.74 Å². The van der Waals surface area contributed by atoms with E-state index in [0.29, 0.717) is 18.8 Å². The number of hydrogen-bond acceptors (Lipinski definition) is 4. The van der Waals surface area contributed by atoms with Gasteiger partial charge in [-0.3, -0.25) is 9.67 Å². The molecular formula is C15H17N3O2. The molecule has 104 valence electrons. The van der Waals surface area contributed by atoms with Crippen molar-refractivity contribution in [3.63, 3.8) is 0 Å². The standard InChI is InChI=1S/C15H17N3O2/c1-12-7-14(18(2)17-12)11-20-15-8-13(9-16-10-15)5-3-4-6-19/h7-10,19H,4,6,11H2,1-2H3. The lowest BCUT2D eigenvalue weighted by molar-refractivity contribution is 0.293. The Bertz CT molecular complexity index is 638. The molecule has 0 spiro atoms. The number of aryl methyl sites for hydroxylation is 2. The number of pyridine rings is 1. The van der Waals surface area contributed by atoms with Crippen LogP contribution in [0.4, 0.5) is 0 Å². The second-order valence-electron chi connectivity index (χ2n) is 4.37. The molecule has 20 heavy (non-hydrogen) atoms. The number of nitrogens with zero attached hydrogens (tertiary/aromatic N) is 3. The van der Waals surface area contributed by atoms with Crippen LogP contribution in [0.2, 0.25) is 0 Å². The fourth-order valence-corrected chi connectivity index (χ4v) is 1.74. The molecule has 0 amide bonds. The summed E-state index contributed by atoms with van der Waals surface area (Å²) < 4.78 is 7.49. The van der Waals surface area contributed by atoms with Crippen molar-refractivity contribution in [1.82, 2.24) is 14.8 Å². The van der Waals surface area contributed by atoms with Gasteiger partial charge in [-0.15, -0.1) is 0 Å². The lowest BCUT2D eigenvalue weighted by atomic mass is 10.2. The van der Waals surface area contributed by atoms with E-state index in [0.717, 1.165) is 17.0 Å². The Hall–Kier alpha value is -2.32. The zero-order valence-electron chi connectivity index (χ0n) is 11.6. The van der Waals surface area contributed by atoms with Gasteiger partial charge >= 0.3 is 0 Å². The highest BCUT2D eigenvalue weighted by molar-refractivity contribution is 5.36. The third kappa shape index (κ3) is 3.84. The summed E-state index contributed by atoms with van der Waals surface area (Å²) in [6.45, 7) is 2.45. The Morgan fingerprint density at radius 3 is 2.90 bits per heavy atom. The van der Waals surface area contributed by atoms with E-state index in [1.807, 2.05) is 26.1 Å². The van der Waals surface area contributed by atoms with Crippen LogP contribution >= 0.6 is 0 Å². The van der Waals surface area contributed by atoms with Gasteiger partial charge in [-0.25, -0.2) is 0 Å². The second-order valence-corrected chi connectivity index (χ2v) is 4.37. The van der Waals surface area contributed by atoms with E-state index >= 15 is 0 Å². The van der Waals surface area contributed by atoms with Crippen LogP contribution in [0.25, 0.3) is 0 Å². The third-order valence-electron chi connectivity index (χ3n) is 2.67. The van der Waals surface area contributed by atoms with Gasteiger partial charge in [0.25, 0.3) is 0 Å². The summed E-state index contributed by atoms with van der Waals surface area (Å²) in [5.74, 6) is 6.45. The van der Waals surface area contributed by atoms with Crippen LogP contribution in [-0.4, -0.2) is 26.5 Å². The molecular weight excluding hydrogens is 254 g/mol. The summed E-state index contributed by atoms with van der Waals surface area (Å²) >= 11 is 0. The fraction of sp³-hybridized carbons (Fsp3) is 0.333. The number of aromatic nitrogens is 3. The van der Waals surface area contributed by atoms with Gasteiger partial charge in [-0.1, -0.05) is 11.8 Å². The fourth-order valence-electron chi connectivity index (χ4n) is 1.74. The molecule has 0 aliphatic rings. The van der Waals surface area contributed by atoms with Crippen LogP contribution in [0.15, 0.2) is 24.5 Å². The van der Waals surface area contributed by atoms with Gasteiger partial charge in [-0.05, 0) is 19.1 Å². The van der Waals surface area contributed by atoms with Crippen molar-refractivity contribution in [2.45, 2.75) is 20.0 Å². The van der Waals surface area contributed by atoms with Crippen LogP contribution in [0.5, 0.6) is 5.75 Å². The molecule has 0 saturated heterocycles.